The molecule has 0 radical (unpaired) electrons. The van der Waals surface area contributed by atoms with E-state index in [-0.39, 0.29) is 18.4 Å². The number of aryl methyl sites for hydroxylation is 1. The summed E-state index contributed by atoms with van der Waals surface area (Å²) in [4.78, 5) is 12.2. The number of hydrogen-bond acceptors (Lipinski definition) is 3. The molecule has 1 amide bonds. The van der Waals surface area contributed by atoms with Crippen LogP contribution in [0.3, 0.4) is 0 Å². The molecule has 2 N–H and O–H groups in total. The topological polar surface area (TPSA) is 69.8 Å². The van der Waals surface area contributed by atoms with Gasteiger partial charge in [-0.05, 0) is 50.1 Å². The summed E-state index contributed by atoms with van der Waals surface area (Å²) in [6, 6.07) is 10.7. The molecule has 5 heteroatoms. The minimum atomic E-state index is -0.158. The fraction of sp³-hybridized carbons (Fsp3) is 0.304. The van der Waals surface area contributed by atoms with Crippen molar-refractivity contribution in [2.24, 2.45) is 5.92 Å². The van der Waals surface area contributed by atoms with Crippen LogP contribution in [0.15, 0.2) is 48.1 Å². The first kappa shape index (κ1) is 19.5. The van der Waals surface area contributed by atoms with E-state index in [0.29, 0.717) is 12.0 Å². The molecule has 0 fully saturated rings. The Bertz CT molecular complexity index is 1040. The number of nitrogens with one attached hydrogen (secondary N) is 2. The van der Waals surface area contributed by atoms with Gasteiger partial charge in [0.2, 0.25) is 0 Å². The van der Waals surface area contributed by atoms with Gasteiger partial charge in [-0.1, -0.05) is 30.2 Å². The van der Waals surface area contributed by atoms with Gasteiger partial charge in [-0.2, -0.15) is 5.26 Å². The van der Waals surface area contributed by atoms with Gasteiger partial charge in [-0.3, -0.25) is 4.79 Å². The maximum Gasteiger partial charge on any atom is 0.251 e. The smallest absolute Gasteiger partial charge is 0.251 e. The lowest BCUT2D eigenvalue weighted by Gasteiger charge is -2.09. The highest BCUT2D eigenvalue weighted by Crippen LogP contribution is 2.21. The van der Waals surface area contributed by atoms with E-state index in [1.807, 2.05) is 7.05 Å². The number of allylic oxidation sites excluding steroid dienone is 2. The van der Waals surface area contributed by atoms with Crippen LogP contribution >= 0.6 is 0 Å². The third-order valence-electron chi connectivity index (χ3n) is 4.74. The van der Waals surface area contributed by atoms with E-state index in [1.54, 1.807) is 18.2 Å². The molecule has 5 nitrogen and oxygen atoms in total. The van der Waals surface area contributed by atoms with Gasteiger partial charge in [0.05, 0.1) is 24.2 Å². The molecule has 28 heavy (non-hydrogen) atoms. The minimum Gasteiger partial charge on any atom is -0.341 e. The zero-order chi connectivity index (χ0) is 19.9. The fourth-order valence-electron chi connectivity index (χ4n) is 3.32. The normalized spacial score (nSPS) is 15.5. The molecular formula is C23H24N4O. The maximum atomic E-state index is 12.2. The second kappa shape index (κ2) is 9.08. The van der Waals surface area contributed by atoms with Crippen molar-refractivity contribution in [1.29, 1.82) is 5.26 Å². The first-order chi connectivity index (χ1) is 13.7. The number of hydrogen-bond donors (Lipinski definition) is 2. The number of carbonyl (C=O) groups excluding carboxylic acids is 1. The van der Waals surface area contributed by atoms with E-state index in [2.05, 4.69) is 64.3 Å². The monoisotopic (exact) mass is 372 g/mol. The molecule has 3 rings (SSSR count). The molecule has 0 saturated heterocycles. The minimum absolute atomic E-state index is 0.138. The summed E-state index contributed by atoms with van der Waals surface area (Å²) in [5, 5.41) is 16.0. The zero-order valence-electron chi connectivity index (χ0n) is 16.2. The van der Waals surface area contributed by atoms with Crippen molar-refractivity contribution in [3.63, 3.8) is 0 Å². The van der Waals surface area contributed by atoms with Gasteiger partial charge < -0.3 is 15.2 Å². The number of amides is 1. The summed E-state index contributed by atoms with van der Waals surface area (Å²) >= 11 is 0. The third kappa shape index (κ3) is 4.34. The largest absolute Gasteiger partial charge is 0.341 e. The van der Waals surface area contributed by atoms with E-state index >= 15 is 0 Å². The van der Waals surface area contributed by atoms with Crippen LogP contribution in [0.25, 0.3) is 10.9 Å². The van der Waals surface area contributed by atoms with E-state index in [1.165, 1.54) is 16.5 Å². The number of aromatic nitrogens is 1. The fourth-order valence-corrected chi connectivity index (χ4v) is 3.32. The van der Waals surface area contributed by atoms with Crippen molar-refractivity contribution in [3.05, 3.63) is 59.3 Å². The predicted octanol–water partition coefficient (Wildman–Crippen LogP) is 2.87. The summed E-state index contributed by atoms with van der Waals surface area (Å²) in [5.41, 5.74) is 3.94. The Morgan fingerprint density at radius 3 is 2.89 bits per heavy atom. The standard InChI is InChI=1S/C23H24N4O/c1-3-27-21(14-20-13-18(16-25-2)8-11-22(20)27)5-4-12-26-23(28)19-9-6-17(15-24)7-10-19/h6,8-11,13-14,17,25H,3,7,12,16H2,1-2H3,(H,26,28). The van der Waals surface area contributed by atoms with Crippen LogP contribution in [0.2, 0.25) is 0 Å². The molecule has 1 unspecified atom stereocenters. The SMILES string of the molecule is CCn1c(C#CCNC(=O)C2=CCC(C#N)C=C2)cc2cc(CNC)ccc21. The lowest BCUT2D eigenvalue weighted by molar-refractivity contribution is -0.117. The molecule has 2 aromatic rings. The van der Waals surface area contributed by atoms with Crippen molar-refractivity contribution < 1.29 is 4.79 Å². The molecule has 1 aliphatic rings. The van der Waals surface area contributed by atoms with E-state index in [0.717, 1.165) is 18.8 Å². The Hall–Kier alpha value is -3.28. The quantitative estimate of drug-likeness (QED) is 0.793. The molecule has 0 saturated carbocycles. The average molecular weight is 372 g/mol. The van der Waals surface area contributed by atoms with Crippen LogP contribution in [-0.4, -0.2) is 24.1 Å². The van der Waals surface area contributed by atoms with Gasteiger partial charge in [0.1, 0.15) is 0 Å². The highest BCUT2D eigenvalue weighted by atomic mass is 16.1. The molecule has 142 valence electrons. The van der Waals surface area contributed by atoms with E-state index in [4.69, 9.17) is 5.26 Å². The van der Waals surface area contributed by atoms with Crippen molar-refractivity contribution in [2.75, 3.05) is 13.6 Å². The average Bonchev–Trinajstić information content (AvgIpc) is 3.08. The maximum absolute atomic E-state index is 12.2. The molecular weight excluding hydrogens is 348 g/mol. The molecule has 1 atom stereocenters. The van der Waals surface area contributed by atoms with Gasteiger partial charge in [0, 0.05) is 29.6 Å². The van der Waals surface area contributed by atoms with Crippen LogP contribution in [0, 0.1) is 29.1 Å². The molecule has 1 aliphatic carbocycles. The molecule has 0 bridgehead atoms. The third-order valence-corrected chi connectivity index (χ3v) is 4.74. The number of benzene rings is 1. The van der Waals surface area contributed by atoms with Gasteiger partial charge >= 0.3 is 0 Å². The Morgan fingerprint density at radius 2 is 2.21 bits per heavy atom. The summed E-state index contributed by atoms with van der Waals surface area (Å²) in [7, 11) is 1.94. The second-order valence-corrected chi connectivity index (χ2v) is 6.67. The molecule has 0 spiro atoms. The molecule has 0 aliphatic heterocycles. The van der Waals surface area contributed by atoms with Gasteiger partial charge in [-0.25, -0.2) is 0 Å². The van der Waals surface area contributed by atoms with Crippen LogP contribution in [0.4, 0.5) is 0 Å². The predicted molar refractivity (Wildman–Crippen MR) is 111 cm³/mol. The number of nitrogens with zero attached hydrogens (tertiary/aromatic N) is 2. The van der Waals surface area contributed by atoms with Crippen molar-refractivity contribution >= 4 is 16.8 Å². The molecule has 1 aromatic heterocycles. The van der Waals surface area contributed by atoms with Crippen molar-refractivity contribution in [1.82, 2.24) is 15.2 Å². The summed E-state index contributed by atoms with van der Waals surface area (Å²) in [5.74, 6) is 5.93. The number of nitriles is 1. The summed E-state index contributed by atoms with van der Waals surface area (Å²) < 4.78 is 2.18. The van der Waals surface area contributed by atoms with Crippen LogP contribution in [0.5, 0.6) is 0 Å². The van der Waals surface area contributed by atoms with Gasteiger partial charge in [0.25, 0.3) is 5.91 Å². The number of carbonyl (C=O) groups is 1. The van der Waals surface area contributed by atoms with E-state index < -0.39 is 0 Å². The summed E-state index contributed by atoms with van der Waals surface area (Å²) in [6.07, 6.45) is 5.85. The Morgan fingerprint density at radius 1 is 1.36 bits per heavy atom. The number of fused-ring (bicyclic) bond motifs is 1. The lowest BCUT2D eigenvalue weighted by Crippen LogP contribution is -2.25. The first-order valence-electron chi connectivity index (χ1n) is 9.48. The highest BCUT2D eigenvalue weighted by Gasteiger charge is 2.12. The second-order valence-electron chi connectivity index (χ2n) is 6.67. The van der Waals surface area contributed by atoms with Crippen LogP contribution in [0.1, 0.15) is 24.6 Å². The van der Waals surface area contributed by atoms with Crippen LogP contribution < -0.4 is 10.6 Å². The van der Waals surface area contributed by atoms with Gasteiger partial charge in [-0.15, -0.1) is 0 Å². The Balaban J connectivity index is 1.68. The molecule has 1 aromatic carbocycles. The Labute approximate surface area is 165 Å². The van der Waals surface area contributed by atoms with Gasteiger partial charge in [0.15, 0.2) is 0 Å². The highest BCUT2D eigenvalue weighted by molar-refractivity contribution is 5.96. The van der Waals surface area contributed by atoms with Crippen LogP contribution in [-0.2, 0) is 17.9 Å². The zero-order valence-corrected chi connectivity index (χ0v) is 16.2. The first-order valence-corrected chi connectivity index (χ1v) is 9.48. The molecule has 1 heterocycles. The number of rotatable bonds is 5. The van der Waals surface area contributed by atoms with Crippen molar-refractivity contribution in [2.45, 2.75) is 26.4 Å². The summed E-state index contributed by atoms with van der Waals surface area (Å²) in [6.45, 7) is 4.05. The Kier molecular flexibility index (Phi) is 6.32. The van der Waals surface area contributed by atoms with Crippen molar-refractivity contribution in [3.8, 4) is 17.9 Å². The van der Waals surface area contributed by atoms with E-state index in [9.17, 15) is 4.79 Å². The lowest BCUT2D eigenvalue weighted by atomic mass is 9.98.